The third kappa shape index (κ3) is 29.4. The first-order valence-electron chi connectivity index (χ1n) is 35.8. The van der Waals surface area contributed by atoms with Crippen LogP contribution in [0.1, 0.15) is 139 Å². The van der Waals surface area contributed by atoms with Crippen molar-refractivity contribution in [2.24, 2.45) is 5.73 Å². The van der Waals surface area contributed by atoms with Gasteiger partial charge < -0.3 is 81.6 Å². The minimum absolute atomic E-state index is 0. The first kappa shape index (κ1) is 92.4. The zero-order valence-corrected chi connectivity index (χ0v) is 66.5. The number of aromatic nitrogens is 11. The van der Waals surface area contributed by atoms with Crippen LogP contribution in [0.5, 0.6) is 17.2 Å². The first-order valence-corrected chi connectivity index (χ1v) is 36.7. The molecular formula is C79H109AlCl2LiN15O11. The monoisotopic (exact) mass is 1550 g/mol. The molecule has 1 saturated heterocycles. The van der Waals surface area contributed by atoms with Crippen LogP contribution in [0.15, 0.2) is 84.9 Å². The van der Waals surface area contributed by atoms with E-state index in [1.54, 1.807) is 57.2 Å². The summed E-state index contributed by atoms with van der Waals surface area (Å²) >= 11 is 11.2. The Bertz CT molecular complexity index is 4710. The van der Waals surface area contributed by atoms with Gasteiger partial charge in [-0.3, -0.25) is 29.3 Å². The Balaban J connectivity index is 0.000000351. The minimum Gasteiger partial charge on any atom is -1.00 e. The number of aryl methyl sites for hydroxylation is 11. The Morgan fingerprint density at radius 2 is 0.908 bits per heavy atom. The number of ether oxygens (including phenoxy) is 4. The molecule has 0 radical (unpaired) electrons. The van der Waals surface area contributed by atoms with E-state index in [0.717, 1.165) is 114 Å². The summed E-state index contributed by atoms with van der Waals surface area (Å²) < 4.78 is 23.4. The molecule has 30 heteroatoms. The molecule has 0 aliphatic carbocycles. The zero-order chi connectivity index (χ0) is 78.3. The predicted molar refractivity (Wildman–Crippen MR) is 435 cm³/mol. The van der Waals surface area contributed by atoms with Crippen LogP contribution < -0.4 is 40.5 Å². The number of aromatic amines is 2. The van der Waals surface area contributed by atoms with Crippen molar-refractivity contribution in [2.45, 2.75) is 154 Å². The molecule has 11 N–H and O–H groups in total. The van der Waals surface area contributed by atoms with Crippen LogP contribution >= 0.6 is 23.2 Å². The number of nitrogens with zero attached hydrogens (tertiary/aromatic N) is 9. The van der Waals surface area contributed by atoms with Gasteiger partial charge in [0, 0.05) is 63.1 Å². The molecule has 7 aromatic heterocycles. The summed E-state index contributed by atoms with van der Waals surface area (Å²) in [7, 11) is 0. The molecule has 1 aliphatic rings. The first-order chi connectivity index (χ1) is 51.2. The number of nitrogens with two attached hydrogens (primary N) is 1. The number of alkyl halides is 1. The Morgan fingerprint density at radius 1 is 0.523 bits per heavy atom. The van der Waals surface area contributed by atoms with Crippen LogP contribution in [-0.4, -0.2) is 176 Å². The number of nitrogens with one attached hydrogen (secondary N) is 5. The van der Waals surface area contributed by atoms with Gasteiger partial charge in [-0.15, -0.1) is 11.6 Å². The number of carbonyl (C=O) groups is 3. The van der Waals surface area contributed by atoms with E-state index < -0.39 is 0 Å². The molecule has 4 aromatic carbocycles. The van der Waals surface area contributed by atoms with Crippen LogP contribution in [0.2, 0.25) is 5.28 Å². The van der Waals surface area contributed by atoms with Gasteiger partial charge in [0.2, 0.25) is 23.1 Å². The number of anilines is 3. The predicted octanol–water partition coefficient (Wildman–Crippen LogP) is 10.2. The van der Waals surface area contributed by atoms with E-state index in [1.165, 1.54) is 24.0 Å². The summed E-state index contributed by atoms with van der Waals surface area (Å²) in [6.07, 6.45) is 4.12. The molecule has 1 aliphatic heterocycles. The maximum Gasteiger partial charge on any atom is 1.00 e. The van der Waals surface area contributed by atoms with E-state index in [9.17, 15) is 24.6 Å². The number of aliphatic hydroxyl groups is 1. The van der Waals surface area contributed by atoms with Crippen LogP contribution in [-0.2, 0) is 52.3 Å². The average molecular weight is 1550 g/mol. The van der Waals surface area contributed by atoms with Crippen molar-refractivity contribution >= 4 is 120 Å². The maximum absolute atomic E-state index is 11.6. The molecule has 0 unspecified atom stereocenters. The van der Waals surface area contributed by atoms with Gasteiger partial charge in [-0.25, -0.2) is 19.9 Å². The van der Waals surface area contributed by atoms with Gasteiger partial charge in [0.15, 0.2) is 17.4 Å². The molecule has 11 aromatic rings. The second-order valence-corrected chi connectivity index (χ2v) is 26.2. The molecule has 0 atom stereocenters. The average Bonchev–Trinajstić information content (AvgIpc) is 1.63. The quantitative estimate of drug-likeness (QED) is 0.00991. The Labute approximate surface area is 672 Å². The summed E-state index contributed by atoms with van der Waals surface area (Å²) in [6, 6.07) is 26.9. The second-order valence-electron chi connectivity index (χ2n) is 25.5. The van der Waals surface area contributed by atoms with Crippen molar-refractivity contribution < 1.29 is 74.0 Å². The van der Waals surface area contributed by atoms with E-state index in [4.69, 9.17) is 63.3 Å². The molecule has 26 nitrogen and oxygen atoms in total. The summed E-state index contributed by atoms with van der Waals surface area (Å²) in [5.41, 5.74) is 26.3. The van der Waals surface area contributed by atoms with Gasteiger partial charge in [0.25, 0.3) is 0 Å². The van der Waals surface area contributed by atoms with Gasteiger partial charge in [-0.05, 0) is 233 Å². The Morgan fingerprint density at radius 3 is 1.31 bits per heavy atom. The van der Waals surface area contributed by atoms with Crippen molar-refractivity contribution in [1.29, 1.82) is 0 Å². The fourth-order valence-corrected chi connectivity index (χ4v) is 11.7. The molecule has 8 heterocycles. The second kappa shape index (κ2) is 47.2. The number of carbonyl (C=O) groups excluding carboxylic acids is 3. The Hall–Kier alpha value is -8.99. The Kier molecular flexibility index (Phi) is 40.0. The normalized spacial score (nSPS) is 11.1. The number of hydrogen-bond donors (Lipinski definition) is 10. The number of H-pyrrole nitrogens is 2. The number of benzene rings is 4. The smallest absolute Gasteiger partial charge is 1.00 e. The van der Waals surface area contributed by atoms with Gasteiger partial charge in [0.1, 0.15) is 28.6 Å². The molecule has 0 amide bonds. The maximum atomic E-state index is 11.6. The third-order valence-electron chi connectivity index (χ3n) is 16.1. The number of imidazole rings is 4. The van der Waals surface area contributed by atoms with Gasteiger partial charge >= 0.3 is 36.8 Å². The van der Waals surface area contributed by atoms with Crippen LogP contribution in [0.25, 0.3) is 44.1 Å². The van der Waals surface area contributed by atoms with Gasteiger partial charge in [-0.1, -0.05) is 24.3 Å². The number of aromatic hydroxyl groups is 3. The van der Waals surface area contributed by atoms with Crippen molar-refractivity contribution in [2.75, 3.05) is 81.8 Å². The largest absolute Gasteiger partial charge is 1.00 e. The number of hydrogen-bond acceptors (Lipinski definition) is 22. The topological polar surface area (TPSA) is 363 Å². The molecule has 0 spiro atoms. The molecule has 109 heavy (non-hydrogen) atoms. The van der Waals surface area contributed by atoms with E-state index in [-0.39, 0.29) is 91.7 Å². The van der Waals surface area contributed by atoms with E-state index in [1.807, 2.05) is 70.6 Å². The van der Waals surface area contributed by atoms with Gasteiger partial charge in [0.05, 0.1) is 108 Å². The fourth-order valence-electron chi connectivity index (χ4n) is 11.3. The zero-order valence-electron chi connectivity index (χ0n) is 66.0. The van der Waals surface area contributed by atoms with Crippen molar-refractivity contribution in [3.63, 3.8) is 0 Å². The molecule has 0 bridgehead atoms. The molecule has 0 saturated carbocycles. The van der Waals surface area contributed by atoms with Crippen LogP contribution in [0.3, 0.4) is 0 Å². The summed E-state index contributed by atoms with van der Waals surface area (Å²) in [4.78, 5) is 70.4. The van der Waals surface area contributed by atoms with Crippen LogP contribution in [0.4, 0.5) is 17.8 Å². The van der Waals surface area contributed by atoms with Crippen molar-refractivity contribution in [3.05, 3.63) is 169 Å². The SMILES string of the molecule is C1CCOC1.CCOC(=O)CCN.CCOC(=O)CCNc1nc2c(C)cc(C)cc2[nH]1.CCOC(=O)CCNc1nc2c(C)cc(C)cc2n1Cc1nc(C)ccc1O.Cc1cc(C)c2nc(Cl)[nH]c2c1.Cc1cc(C)c2nc(NCCCO)n(Cc3nc(C)ccc3O)c2c1.Cc1ccc(O)c(CCl)n1.[AlH3].[H-].[Li+]. The number of pyridine rings is 3. The number of aliphatic hydroxyl groups excluding tert-OH is 1. The third-order valence-corrected chi connectivity index (χ3v) is 16.6. The summed E-state index contributed by atoms with van der Waals surface area (Å²) in [6.45, 7) is 33.5. The molecule has 584 valence electrons. The standard InChI is InChI=1S/C21H26N4O3.C19H24N4O2.C14H19N3O2.C9H9ClN2.C7H8ClNO.C5H11NO2.C4H8O.Al.Li.4H/c1-5-28-19(27)8-9-22-21-24-20-14(3)10-13(2)11-17(20)25(21)12-16-18(26)7-6-15(4)23-16;1-12-9-13(2)18-16(10-12)23(19(22-18)20-7-4-8-24)11-15-17(25)6-5-14(3)21-15;1-4-19-12(18)5-6-15-14-16-11-8-9(2)7-10(3)13(11)17-14;1-5-3-6(2)8-7(4-5)11-9(10)12-8;1-5-2-3-7(10)6(4-8)9-5;1-2-8-5(7)3-4-6;1-2-4-5-3-1;;;;;;/h6-7,10-11,26H,5,8-9,12H2,1-4H3,(H,22,24);5-6,9-10,24-25H,4,7-8,11H2,1-3H3,(H,20,22);7-8H,4-6H2,1-3H3,(H2,15,16,17);3-4H,1-2H3,(H,11,12);2-3,10H,4H2,1H3;2-4,6H2,1H3;1-4H2;;;;;;/q;;;;;;;;+1;;;;-1. The number of fused-ring (bicyclic) bond motifs is 4. The molecular weight excluding hydrogens is 1440 g/mol. The number of esters is 3. The number of rotatable bonds is 22. The van der Waals surface area contributed by atoms with Crippen molar-refractivity contribution in [3.8, 4) is 17.2 Å². The van der Waals surface area contributed by atoms with Crippen molar-refractivity contribution in [1.82, 2.24) is 54.0 Å². The summed E-state index contributed by atoms with van der Waals surface area (Å²) in [5.74, 6) is 2.14. The van der Waals surface area contributed by atoms with Crippen LogP contribution in [0, 0.1) is 76.2 Å². The van der Waals surface area contributed by atoms with E-state index >= 15 is 0 Å². The minimum atomic E-state index is -0.248. The molecule has 1 fully saturated rings. The van der Waals surface area contributed by atoms with Gasteiger partial charge in [-0.2, -0.15) is 0 Å². The fraction of sp³-hybridized carbons (Fsp3) is 0.418. The van der Waals surface area contributed by atoms with E-state index in [2.05, 4.69) is 119 Å². The number of halogens is 2. The summed E-state index contributed by atoms with van der Waals surface area (Å²) in [5, 5.41) is 48.6. The molecule has 12 rings (SSSR count). The van der Waals surface area contributed by atoms with E-state index in [0.29, 0.717) is 113 Å².